The minimum absolute atomic E-state index is 0.111. The molecule has 3 aromatic carbocycles. The van der Waals surface area contributed by atoms with Crippen LogP contribution in [0.5, 0.6) is 5.75 Å². The standard InChI is InChI=1S/C24H23N3O2/c1-2-29-21-7-5-6-20(14-21)24(28)25-15-18-10-12-19(13-11-18)16-27-17-26-22-8-3-4-9-23(22)27/h3-14,17H,2,15-16H2,1H3,(H,25,28). The zero-order chi connectivity index (χ0) is 20.1. The van der Waals surface area contributed by atoms with Crippen molar-refractivity contribution >= 4 is 16.9 Å². The van der Waals surface area contributed by atoms with E-state index in [9.17, 15) is 4.79 Å². The maximum atomic E-state index is 12.4. The number of benzene rings is 3. The molecule has 1 heterocycles. The van der Waals surface area contributed by atoms with Gasteiger partial charge < -0.3 is 14.6 Å². The zero-order valence-electron chi connectivity index (χ0n) is 16.3. The van der Waals surface area contributed by atoms with Gasteiger partial charge in [0.05, 0.1) is 24.0 Å². The van der Waals surface area contributed by atoms with Crippen LogP contribution in [0.4, 0.5) is 0 Å². The predicted octanol–water partition coefficient (Wildman–Crippen LogP) is 4.41. The number of rotatable bonds is 7. The van der Waals surface area contributed by atoms with Crippen LogP contribution in [0.3, 0.4) is 0 Å². The van der Waals surface area contributed by atoms with Gasteiger partial charge in [-0.2, -0.15) is 0 Å². The van der Waals surface area contributed by atoms with Gasteiger partial charge in [-0.25, -0.2) is 4.98 Å². The molecule has 146 valence electrons. The van der Waals surface area contributed by atoms with Crippen LogP contribution >= 0.6 is 0 Å². The summed E-state index contributed by atoms with van der Waals surface area (Å²) in [6.45, 7) is 3.74. The van der Waals surface area contributed by atoms with E-state index in [1.807, 2.05) is 55.7 Å². The van der Waals surface area contributed by atoms with Crippen molar-refractivity contribution in [1.29, 1.82) is 0 Å². The summed E-state index contributed by atoms with van der Waals surface area (Å²) >= 11 is 0. The highest BCUT2D eigenvalue weighted by Crippen LogP contribution is 2.15. The molecule has 0 aliphatic carbocycles. The second-order valence-electron chi connectivity index (χ2n) is 6.82. The molecule has 0 radical (unpaired) electrons. The van der Waals surface area contributed by atoms with E-state index in [4.69, 9.17) is 4.74 Å². The Morgan fingerprint density at radius 2 is 1.79 bits per heavy atom. The first-order valence-corrected chi connectivity index (χ1v) is 9.71. The van der Waals surface area contributed by atoms with E-state index < -0.39 is 0 Å². The SMILES string of the molecule is CCOc1cccc(C(=O)NCc2ccc(Cn3cnc4ccccc43)cc2)c1. The summed E-state index contributed by atoms with van der Waals surface area (Å²) in [5.41, 5.74) is 4.96. The fraction of sp³-hybridized carbons (Fsp3) is 0.167. The average molecular weight is 385 g/mol. The van der Waals surface area contributed by atoms with E-state index >= 15 is 0 Å². The van der Waals surface area contributed by atoms with Gasteiger partial charge >= 0.3 is 0 Å². The van der Waals surface area contributed by atoms with Crippen molar-refractivity contribution in [2.75, 3.05) is 6.61 Å². The molecule has 0 saturated carbocycles. The number of fused-ring (bicyclic) bond motifs is 1. The van der Waals surface area contributed by atoms with E-state index in [-0.39, 0.29) is 5.91 Å². The summed E-state index contributed by atoms with van der Waals surface area (Å²) < 4.78 is 7.59. The lowest BCUT2D eigenvalue weighted by Crippen LogP contribution is -2.22. The first-order chi connectivity index (χ1) is 14.2. The van der Waals surface area contributed by atoms with Gasteiger partial charge in [0.2, 0.25) is 0 Å². The third kappa shape index (κ3) is 4.46. The number of aromatic nitrogens is 2. The van der Waals surface area contributed by atoms with Crippen molar-refractivity contribution < 1.29 is 9.53 Å². The van der Waals surface area contributed by atoms with Gasteiger partial charge in [-0.15, -0.1) is 0 Å². The van der Waals surface area contributed by atoms with Crippen molar-refractivity contribution in [2.24, 2.45) is 0 Å². The van der Waals surface area contributed by atoms with Crippen LogP contribution < -0.4 is 10.1 Å². The molecule has 0 atom stereocenters. The van der Waals surface area contributed by atoms with E-state index in [0.717, 1.165) is 23.1 Å². The van der Waals surface area contributed by atoms with Crippen LogP contribution in [0.1, 0.15) is 28.4 Å². The maximum absolute atomic E-state index is 12.4. The van der Waals surface area contributed by atoms with Crippen LogP contribution in [-0.2, 0) is 13.1 Å². The number of nitrogens with one attached hydrogen (secondary N) is 1. The fourth-order valence-electron chi connectivity index (χ4n) is 3.27. The molecule has 0 bridgehead atoms. The summed E-state index contributed by atoms with van der Waals surface area (Å²) in [7, 11) is 0. The molecule has 0 spiro atoms. The van der Waals surface area contributed by atoms with Crippen molar-refractivity contribution in [1.82, 2.24) is 14.9 Å². The van der Waals surface area contributed by atoms with Gasteiger partial charge in [-0.05, 0) is 48.4 Å². The first-order valence-electron chi connectivity index (χ1n) is 9.71. The van der Waals surface area contributed by atoms with Gasteiger partial charge in [-0.3, -0.25) is 4.79 Å². The third-order valence-electron chi connectivity index (χ3n) is 4.76. The summed E-state index contributed by atoms with van der Waals surface area (Å²) in [5, 5.41) is 2.96. The highest BCUT2D eigenvalue weighted by atomic mass is 16.5. The minimum atomic E-state index is -0.111. The Morgan fingerprint density at radius 3 is 2.62 bits per heavy atom. The number of imidazole rings is 1. The molecule has 0 unspecified atom stereocenters. The maximum Gasteiger partial charge on any atom is 0.251 e. The molecule has 4 aromatic rings. The highest BCUT2D eigenvalue weighted by Gasteiger charge is 2.07. The quantitative estimate of drug-likeness (QED) is 0.513. The number of carbonyl (C=O) groups excluding carboxylic acids is 1. The molecule has 0 saturated heterocycles. The molecule has 0 aliphatic rings. The zero-order valence-corrected chi connectivity index (χ0v) is 16.3. The Hall–Kier alpha value is -3.60. The fourth-order valence-corrected chi connectivity index (χ4v) is 3.27. The number of para-hydroxylation sites is 2. The third-order valence-corrected chi connectivity index (χ3v) is 4.76. The van der Waals surface area contributed by atoms with Crippen LogP contribution in [0, 0.1) is 0 Å². The van der Waals surface area contributed by atoms with Gasteiger partial charge in [0.25, 0.3) is 5.91 Å². The Labute approximate surface area is 170 Å². The van der Waals surface area contributed by atoms with E-state index in [0.29, 0.717) is 24.5 Å². The molecule has 1 N–H and O–H groups in total. The molecular weight excluding hydrogens is 362 g/mol. The number of hydrogen-bond acceptors (Lipinski definition) is 3. The van der Waals surface area contributed by atoms with Crippen LogP contribution in [-0.4, -0.2) is 22.1 Å². The minimum Gasteiger partial charge on any atom is -0.494 e. The van der Waals surface area contributed by atoms with Crippen molar-refractivity contribution in [2.45, 2.75) is 20.0 Å². The topological polar surface area (TPSA) is 56.1 Å². The molecular formula is C24H23N3O2. The highest BCUT2D eigenvalue weighted by molar-refractivity contribution is 5.94. The van der Waals surface area contributed by atoms with E-state index in [2.05, 4.69) is 33.1 Å². The predicted molar refractivity (Wildman–Crippen MR) is 114 cm³/mol. The Balaban J connectivity index is 1.37. The van der Waals surface area contributed by atoms with Crippen LogP contribution in [0.2, 0.25) is 0 Å². The molecule has 29 heavy (non-hydrogen) atoms. The van der Waals surface area contributed by atoms with Crippen molar-refractivity contribution in [3.8, 4) is 5.75 Å². The molecule has 4 rings (SSSR count). The summed E-state index contributed by atoms with van der Waals surface area (Å²) in [6.07, 6.45) is 1.87. The average Bonchev–Trinajstić information content (AvgIpc) is 3.16. The summed E-state index contributed by atoms with van der Waals surface area (Å²) in [4.78, 5) is 16.8. The Bertz CT molecular complexity index is 1120. The smallest absolute Gasteiger partial charge is 0.251 e. The summed E-state index contributed by atoms with van der Waals surface area (Å²) in [5.74, 6) is 0.594. The van der Waals surface area contributed by atoms with Crippen molar-refractivity contribution in [3.05, 3.63) is 95.8 Å². The molecule has 5 heteroatoms. The number of carbonyl (C=O) groups is 1. The molecule has 1 aromatic heterocycles. The van der Waals surface area contributed by atoms with Gasteiger partial charge in [0.1, 0.15) is 5.75 Å². The number of nitrogens with zero attached hydrogens (tertiary/aromatic N) is 2. The molecule has 0 fully saturated rings. The monoisotopic (exact) mass is 385 g/mol. The Kier molecular flexibility index (Phi) is 5.56. The lowest BCUT2D eigenvalue weighted by molar-refractivity contribution is 0.0950. The van der Waals surface area contributed by atoms with Gasteiger partial charge in [0.15, 0.2) is 0 Å². The first kappa shape index (κ1) is 18.7. The van der Waals surface area contributed by atoms with E-state index in [1.54, 1.807) is 12.1 Å². The summed E-state index contributed by atoms with van der Waals surface area (Å²) in [6, 6.07) is 23.6. The van der Waals surface area contributed by atoms with Crippen LogP contribution in [0.15, 0.2) is 79.1 Å². The lowest BCUT2D eigenvalue weighted by Gasteiger charge is -2.09. The second kappa shape index (κ2) is 8.61. The molecule has 0 aliphatic heterocycles. The largest absolute Gasteiger partial charge is 0.494 e. The normalized spacial score (nSPS) is 10.8. The van der Waals surface area contributed by atoms with Gasteiger partial charge in [-0.1, -0.05) is 42.5 Å². The molecule has 1 amide bonds. The molecule has 5 nitrogen and oxygen atoms in total. The number of ether oxygens (including phenoxy) is 1. The van der Waals surface area contributed by atoms with Crippen molar-refractivity contribution in [3.63, 3.8) is 0 Å². The van der Waals surface area contributed by atoms with Crippen LogP contribution in [0.25, 0.3) is 11.0 Å². The number of hydrogen-bond donors (Lipinski definition) is 1. The number of amides is 1. The van der Waals surface area contributed by atoms with Gasteiger partial charge in [0, 0.05) is 18.7 Å². The lowest BCUT2D eigenvalue weighted by atomic mass is 10.1. The Morgan fingerprint density at radius 1 is 1.00 bits per heavy atom. The second-order valence-corrected chi connectivity index (χ2v) is 6.82. The van der Waals surface area contributed by atoms with E-state index in [1.165, 1.54) is 5.56 Å².